The second kappa shape index (κ2) is 5.42. The van der Waals surface area contributed by atoms with E-state index in [2.05, 4.69) is 15.3 Å². The second-order valence-electron chi connectivity index (χ2n) is 5.52. The van der Waals surface area contributed by atoms with Gasteiger partial charge >= 0.3 is 0 Å². The van der Waals surface area contributed by atoms with Crippen molar-refractivity contribution in [2.75, 3.05) is 0 Å². The zero-order valence-corrected chi connectivity index (χ0v) is 12.4. The Balaban J connectivity index is 1.86. The number of halogens is 1. The molecule has 2 N–H and O–H groups in total. The summed E-state index contributed by atoms with van der Waals surface area (Å²) < 4.78 is 13.4. The maximum atomic E-state index is 13.4. The molecule has 2 aromatic carbocycles. The van der Waals surface area contributed by atoms with Crippen LogP contribution in [0.3, 0.4) is 0 Å². The number of nitrogens with one attached hydrogen (secondary N) is 2. The number of carbonyl (C=O) groups excluding carboxylic acids is 2. The van der Waals surface area contributed by atoms with Gasteiger partial charge in [-0.05, 0) is 29.8 Å². The lowest BCUT2D eigenvalue weighted by Crippen LogP contribution is -2.22. The van der Waals surface area contributed by atoms with Gasteiger partial charge in [0.15, 0.2) is 0 Å². The number of carbonyl (C=O) groups is 2. The highest BCUT2D eigenvalue weighted by Gasteiger charge is 2.40. The van der Waals surface area contributed by atoms with Crippen molar-refractivity contribution in [2.24, 2.45) is 4.99 Å². The second-order valence-corrected chi connectivity index (χ2v) is 5.52. The first kappa shape index (κ1) is 14.3. The van der Waals surface area contributed by atoms with Crippen molar-refractivity contribution in [2.45, 2.75) is 5.92 Å². The molecular weight excluding hydrogens is 309 g/mol. The van der Waals surface area contributed by atoms with Gasteiger partial charge in [-0.15, -0.1) is 0 Å². The third-order valence-electron chi connectivity index (χ3n) is 3.99. The van der Waals surface area contributed by atoms with E-state index < -0.39 is 23.5 Å². The molecule has 5 nitrogen and oxygen atoms in total. The molecule has 0 saturated carbocycles. The van der Waals surface area contributed by atoms with Gasteiger partial charge in [-0.2, -0.15) is 0 Å². The highest BCUT2D eigenvalue weighted by Crippen LogP contribution is 2.31. The molecule has 6 heteroatoms. The number of H-pyrrole nitrogens is 1. The van der Waals surface area contributed by atoms with Gasteiger partial charge in [-0.3, -0.25) is 14.9 Å². The Kier molecular flexibility index (Phi) is 3.23. The molecule has 0 bridgehead atoms. The summed E-state index contributed by atoms with van der Waals surface area (Å²) >= 11 is 0. The number of amides is 2. The lowest BCUT2D eigenvalue weighted by molar-refractivity contribution is -0.124. The molecule has 2 heterocycles. The number of hydrogen-bond acceptors (Lipinski definition) is 3. The first-order valence-electron chi connectivity index (χ1n) is 7.39. The Labute approximate surface area is 136 Å². The summed E-state index contributed by atoms with van der Waals surface area (Å²) in [5, 5.41) is 3.14. The average Bonchev–Trinajstić information content (AvgIpc) is 3.09. The van der Waals surface area contributed by atoms with Crippen molar-refractivity contribution in [3.63, 3.8) is 0 Å². The Hall–Kier alpha value is -3.28. The molecule has 2 amide bonds. The zero-order chi connectivity index (χ0) is 16.7. The Morgan fingerprint density at radius 1 is 1.04 bits per heavy atom. The van der Waals surface area contributed by atoms with E-state index in [9.17, 15) is 14.0 Å². The average molecular weight is 321 g/mol. The van der Waals surface area contributed by atoms with Crippen LogP contribution in [0.1, 0.15) is 11.5 Å². The molecule has 1 atom stereocenters. The quantitative estimate of drug-likeness (QED) is 0.712. The predicted octanol–water partition coefficient (Wildman–Crippen LogP) is 2.82. The number of aromatic amines is 1. The topological polar surface area (TPSA) is 74.3 Å². The van der Waals surface area contributed by atoms with Gasteiger partial charge in [0, 0.05) is 17.1 Å². The van der Waals surface area contributed by atoms with Crippen molar-refractivity contribution in [1.82, 2.24) is 10.3 Å². The summed E-state index contributed by atoms with van der Waals surface area (Å²) in [4.78, 5) is 31.8. The molecule has 118 valence electrons. The van der Waals surface area contributed by atoms with E-state index in [0.29, 0.717) is 11.3 Å². The molecular formula is C18H12FN3O2. The van der Waals surface area contributed by atoms with Gasteiger partial charge in [0.25, 0.3) is 5.91 Å². The van der Waals surface area contributed by atoms with Crippen LogP contribution in [0.5, 0.6) is 0 Å². The first-order chi connectivity index (χ1) is 11.6. The molecule has 1 aliphatic heterocycles. The van der Waals surface area contributed by atoms with Gasteiger partial charge in [0.1, 0.15) is 17.4 Å². The summed E-state index contributed by atoms with van der Waals surface area (Å²) in [6.07, 6.45) is 1.70. The standard InChI is InChI=1S/C18H12FN3O2/c19-10-4-3-5-11(8-10)21-16-15(17(23)22-18(16)24)13-9-20-14-7-2-1-6-12(13)14/h1-9,15,20H,(H,22,23,24). The number of hydrogen-bond donors (Lipinski definition) is 2. The van der Waals surface area contributed by atoms with Crippen LogP contribution >= 0.6 is 0 Å². The number of aliphatic imine (C=N–C) groups is 1. The number of imide groups is 1. The van der Waals surface area contributed by atoms with Crippen molar-refractivity contribution < 1.29 is 14.0 Å². The largest absolute Gasteiger partial charge is 0.361 e. The molecule has 0 aliphatic carbocycles. The van der Waals surface area contributed by atoms with Gasteiger partial charge in [-0.25, -0.2) is 9.38 Å². The molecule has 24 heavy (non-hydrogen) atoms. The van der Waals surface area contributed by atoms with Crippen molar-refractivity contribution in [1.29, 1.82) is 0 Å². The number of para-hydroxylation sites is 1. The molecule has 4 rings (SSSR count). The maximum Gasteiger partial charge on any atom is 0.273 e. The van der Waals surface area contributed by atoms with E-state index in [1.807, 2.05) is 24.3 Å². The van der Waals surface area contributed by atoms with Crippen molar-refractivity contribution >= 4 is 34.1 Å². The minimum atomic E-state index is -0.822. The summed E-state index contributed by atoms with van der Waals surface area (Å²) in [6, 6.07) is 13.1. The van der Waals surface area contributed by atoms with E-state index in [4.69, 9.17) is 0 Å². The van der Waals surface area contributed by atoms with Crippen molar-refractivity contribution in [3.05, 3.63) is 66.1 Å². The Bertz CT molecular complexity index is 1010. The predicted molar refractivity (Wildman–Crippen MR) is 87.7 cm³/mol. The maximum absolute atomic E-state index is 13.4. The Morgan fingerprint density at radius 3 is 2.71 bits per heavy atom. The molecule has 1 aromatic heterocycles. The summed E-state index contributed by atoms with van der Waals surface area (Å²) in [7, 11) is 0. The van der Waals surface area contributed by atoms with Crippen LogP contribution in [-0.4, -0.2) is 22.5 Å². The fourth-order valence-corrected chi connectivity index (χ4v) is 2.92. The third-order valence-corrected chi connectivity index (χ3v) is 3.99. The van der Waals surface area contributed by atoms with Gasteiger partial charge < -0.3 is 4.98 Å². The molecule has 1 fully saturated rings. The molecule has 3 aromatic rings. The number of rotatable bonds is 2. The van der Waals surface area contributed by atoms with Crippen LogP contribution in [0.2, 0.25) is 0 Å². The minimum absolute atomic E-state index is 0.0651. The van der Waals surface area contributed by atoms with E-state index in [-0.39, 0.29) is 5.71 Å². The van der Waals surface area contributed by atoms with E-state index in [1.54, 1.807) is 12.3 Å². The van der Waals surface area contributed by atoms with Crippen molar-refractivity contribution in [3.8, 4) is 0 Å². The fraction of sp³-hybridized carbons (Fsp3) is 0.0556. The third kappa shape index (κ3) is 2.28. The van der Waals surface area contributed by atoms with Crippen LogP contribution < -0.4 is 5.32 Å². The number of aromatic nitrogens is 1. The van der Waals surface area contributed by atoms with Gasteiger partial charge in [0.05, 0.1) is 5.69 Å². The molecule has 1 aliphatic rings. The number of fused-ring (bicyclic) bond motifs is 1. The lowest BCUT2D eigenvalue weighted by atomic mass is 9.95. The van der Waals surface area contributed by atoms with E-state index in [1.165, 1.54) is 18.2 Å². The van der Waals surface area contributed by atoms with Crippen LogP contribution in [0, 0.1) is 5.82 Å². The van der Waals surface area contributed by atoms with E-state index >= 15 is 0 Å². The van der Waals surface area contributed by atoms with Gasteiger partial charge in [-0.1, -0.05) is 24.3 Å². The van der Waals surface area contributed by atoms with Gasteiger partial charge in [0.2, 0.25) is 5.91 Å². The van der Waals surface area contributed by atoms with Crippen LogP contribution in [-0.2, 0) is 9.59 Å². The van der Waals surface area contributed by atoms with Crippen LogP contribution in [0.15, 0.2) is 59.7 Å². The van der Waals surface area contributed by atoms with Crippen LogP contribution in [0.4, 0.5) is 10.1 Å². The first-order valence-corrected chi connectivity index (χ1v) is 7.39. The Morgan fingerprint density at radius 2 is 1.88 bits per heavy atom. The lowest BCUT2D eigenvalue weighted by Gasteiger charge is -2.06. The highest BCUT2D eigenvalue weighted by molar-refractivity contribution is 6.52. The summed E-state index contributed by atoms with van der Waals surface area (Å²) in [6.45, 7) is 0. The zero-order valence-electron chi connectivity index (χ0n) is 12.4. The monoisotopic (exact) mass is 321 g/mol. The normalized spacial score (nSPS) is 19.2. The fourth-order valence-electron chi connectivity index (χ4n) is 2.92. The molecule has 0 spiro atoms. The highest BCUT2D eigenvalue weighted by atomic mass is 19.1. The molecule has 1 saturated heterocycles. The number of benzene rings is 2. The van der Waals surface area contributed by atoms with E-state index in [0.717, 1.165) is 10.9 Å². The summed E-state index contributed by atoms with van der Waals surface area (Å²) in [5.41, 5.74) is 1.89. The smallest absolute Gasteiger partial charge is 0.273 e. The SMILES string of the molecule is O=C1NC(=O)C(c2c[nH]c3ccccc23)C1=Nc1cccc(F)c1. The molecule has 1 unspecified atom stereocenters. The van der Waals surface area contributed by atoms with Crippen LogP contribution in [0.25, 0.3) is 10.9 Å². The summed E-state index contributed by atoms with van der Waals surface area (Å²) in [5.74, 6) is -2.26. The molecule has 0 radical (unpaired) electrons. The minimum Gasteiger partial charge on any atom is -0.361 e. The number of nitrogens with zero attached hydrogens (tertiary/aromatic N) is 1.